The van der Waals surface area contributed by atoms with E-state index in [1.807, 2.05) is 0 Å². The van der Waals surface area contributed by atoms with Crippen molar-refractivity contribution in [3.63, 3.8) is 0 Å². The second-order valence-electron chi connectivity index (χ2n) is 22.7. The molecule has 0 aliphatic carbocycles. The number of unbranched alkanes of at least 4 members (excludes halogenated alkanes) is 33. The van der Waals surface area contributed by atoms with E-state index < -0.39 is 6.10 Å². The summed E-state index contributed by atoms with van der Waals surface area (Å²) in [4.78, 5) is 38.5. The molecule has 81 heavy (non-hydrogen) atoms. The Morgan fingerprint density at radius 2 is 0.481 bits per heavy atom. The normalized spacial score (nSPS) is 12.8. The largest absolute Gasteiger partial charge is 0.462 e. The van der Waals surface area contributed by atoms with E-state index >= 15 is 0 Å². The Morgan fingerprint density at radius 3 is 0.778 bits per heavy atom. The van der Waals surface area contributed by atoms with Gasteiger partial charge in [-0.25, -0.2) is 0 Å². The first-order valence-electron chi connectivity index (χ1n) is 34.4. The van der Waals surface area contributed by atoms with Gasteiger partial charge in [0, 0.05) is 19.3 Å². The highest BCUT2D eigenvalue weighted by atomic mass is 16.6. The maximum atomic E-state index is 13.0. The van der Waals surface area contributed by atoms with Crippen LogP contribution in [0.1, 0.15) is 329 Å². The van der Waals surface area contributed by atoms with Crippen molar-refractivity contribution in [3.05, 3.63) is 109 Å². The van der Waals surface area contributed by atoms with Gasteiger partial charge in [-0.05, 0) is 128 Å². The molecular weight excluding hydrogens is 997 g/mol. The predicted octanol–water partition coefficient (Wildman–Crippen LogP) is 23.8. The van der Waals surface area contributed by atoms with Gasteiger partial charge in [-0.3, -0.25) is 14.4 Å². The van der Waals surface area contributed by atoms with Crippen LogP contribution < -0.4 is 0 Å². The molecule has 0 radical (unpaired) electrons. The lowest BCUT2D eigenvalue weighted by Crippen LogP contribution is -2.30. The highest BCUT2D eigenvalue weighted by Crippen LogP contribution is 2.16. The van der Waals surface area contributed by atoms with E-state index in [4.69, 9.17) is 14.2 Å². The molecule has 0 saturated heterocycles. The first-order valence-corrected chi connectivity index (χ1v) is 34.4. The molecule has 0 aliphatic heterocycles. The van der Waals surface area contributed by atoms with Crippen molar-refractivity contribution < 1.29 is 28.6 Å². The smallest absolute Gasteiger partial charge is 0.306 e. The molecule has 6 nitrogen and oxygen atoms in total. The molecule has 0 spiro atoms. The Morgan fingerprint density at radius 1 is 0.259 bits per heavy atom. The van der Waals surface area contributed by atoms with E-state index in [0.29, 0.717) is 19.3 Å². The molecule has 0 aromatic rings. The standard InChI is InChI=1S/C75H128O6/c1-4-7-10-13-16-19-22-25-28-31-34-36-37-39-41-44-47-50-53-56-59-62-65-68-74(77)80-71-72(70-79-73(76)67-64-61-58-55-52-49-46-43-40-33-30-27-24-21-18-15-12-9-6-3)81-75(78)69-66-63-60-57-54-51-48-45-42-38-35-32-29-26-23-20-17-14-11-8-5-2/h8,11,17-18,20-22,25-27,29-31,34-35,37-39,72H,4-7,9-10,12-16,19,23-24,28,32-33,36,40-71H2,1-3H3/b11-8-,20-17-,21-18-,25-22-,29-26-,30-27-,34-31-,38-35-,39-37-. The average Bonchev–Trinajstić information content (AvgIpc) is 3.47. The zero-order chi connectivity index (χ0) is 58.5. The Kier molecular flexibility index (Phi) is 65.2. The van der Waals surface area contributed by atoms with Crippen molar-refractivity contribution in [2.24, 2.45) is 0 Å². The number of hydrogen-bond donors (Lipinski definition) is 0. The van der Waals surface area contributed by atoms with Gasteiger partial charge in [-0.1, -0.05) is 291 Å². The molecule has 1 unspecified atom stereocenters. The number of ether oxygens (including phenoxy) is 3. The number of esters is 3. The summed E-state index contributed by atoms with van der Waals surface area (Å²) in [5.41, 5.74) is 0. The van der Waals surface area contributed by atoms with Gasteiger partial charge in [0.2, 0.25) is 0 Å². The molecule has 0 N–H and O–H groups in total. The topological polar surface area (TPSA) is 78.9 Å². The third-order valence-corrected chi connectivity index (χ3v) is 14.7. The molecule has 0 fully saturated rings. The lowest BCUT2D eigenvalue weighted by molar-refractivity contribution is -0.167. The fourth-order valence-corrected chi connectivity index (χ4v) is 9.59. The first-order chi connectivity index (χ1) is 40.0. The second-order valence-corrected chi connectivity index (χ2v) is 22.7. The minimum absolute atomic E-state index is 0.0861. The van der Waals surface area contributed by atoms with E-state index in [2.05, 4.69) is 130 Å². The fourth-order valence-electron chi connectivity index (χ4n) is 9.59. The van der Waals surface area contributed by atoms with Crippen molar-refractivity contribution in [3.8, 4) is 0 Å². The van der Waals surface area contributed by atoms with Gasteiger partial charge in [0.15, 0.2) is 6.10 Å². The predicted molar refractivity (Wildman–Crippen MR) is 353 cm³/mol. The van der Waals surface area contributed by atoms with Crippen LogP contribution in [0.2, 0.25) is 0 Å². The molecule has 0 amide bonds. The summed E-state index contributed by atoms with van der Waals surface area (Å²) >= 11 is 0. The van der Waals surface area contributed by atoms with Gasteiger partial charge in [0.1, 0.15) is 13.2 Å². The van der Waals surface area contributed by atoms with Gasteiger partial charge in [0.25, 0.3) is 0 Å². The molecule has 464 valence electrons. The maximum absolute atomic E-state index is 13.0. The summed E-state index contributed by atoms with van der Waals surface area (Å²) in [6, 6.07) is 0. The van der Waals surface area contributed by atoms with Gasteiger partial charge >= 0.3 is 17.9 Å². The van der Waals surface area contributed by atoms with Crippen LogP contribution in [-0.2, 0) is 28.6 Å². The zero-order valence-corrected chi connectivity index (χ0v) is 53.3. The molecule has 0 aliphatic rings. The SMILES string of the molecule is CC/C=C\C/C=C\C/C=C\C/C=C\CCCCCCCCCCC(=O)OC(COC(=O)CCCCCCCCCC/C=C\C/C=C\C/C=C\CCCCCCC)COC(=O)CCCCCCCCCCC/C=C\C/C=C\CCCCC. The van der Waals surface area contributed by atoms with E-state index in [0.717, 1.165) is 116 Å². The Bertz CT molecular complexity index is 1620. The van der Waals surface area contributed by atoms with Crippen LogP contribution in [0.3, 0.4) is 0 Å². The number of carbonyl (C=O) groups excluding carboxylic acids is 3. The third kappa shape index (κ3) is 66.8. The molecule has 0 aromatic carbocycles. The van der Waals surface area contributed by atoms with Crippen LogP contribution in [0.15, 0.2) is 109 Å². The van der Waals surface area contributed by atoms with Crippen molar-refractivity contribution in [2.75, 3.05) is 13.2 Å². The lowest BCUT2D eigenvalue weighted by Gasteiger charge is -2.18. The number of rotatable bonds is 62. The molecular formula is C75H128O6. The quantitative estimate of drug-likeness (QED) is 0.0261. The summed E-state index contributed by atoms with van der Waals surface area (Å²) in [5, 5.41) is 0. The van der Waals surface area contributed by atoms with Gasteiger partial charge in [-0.15, -0.1) is 0 Å². The Hall–Kier alpha value is -3.93. The van der Waals surface area contributed by atoms with E-state index in [1.54, 1.807) is 0 Å². The summed E-state index contributed by atoms with van der Waals surface area (Å²) in [6.07, 6.45) is 93.8. The highest BCUT2D eigenvalue weighted by Gasteiger charge is 2.19. The van der Waals surface area contributed by atoms with Gasteiger partial charge in [-0.2, -0.15) is 0 Å². The van der Waals surface area contributed by atoms with Crippen molar-refractivity contribution in [2.45, 2.75) is 335 Å². The maximum Gasteiger partial charge on any atom is 0.306 e. The lowest BCUT2D eigenvalue weighted by atomic mass is 10.1. The summed E-state index contributed by atoms with van der Waals surface area (Å²) in [6.45, 7) is 6.51. The zero-order valence-electron chi connectivity index (χ0n) is 53.3. The molecule has 6 heteroatoms. The van der Waals surface area contributed by atoms with Gasteiger partial charge in [0.05, 0.1) is 0 Å². The van der Waals surface area contributed by atoms with E-state index in [1.165, 1.54) is 173 Å². The third-order valence-electron chi connectivity index (χ3n) is 14.7. The number of hydrogen-bond acceptors (Lipinski definition) is 6. The first kappa shape index (κ1) is 77.1. The molecule has 0 aromatic heterocycles. The molecule has 0 saturated carbocycles. The highest BCUT2D eigenvalue weighted by molar-refractivity contribution is 5.71. The second kappa shape index (κ2) is 68.6. The molecule has 0 bridgehead atoms. The Balaban J connectivity index is 4.42. The minimum Gasteiger partial charge on any atom is -0.462 e. The van der Waals surface area contributed by atoms with E-state index in [9.17, 15) is 14.4 Å². The number of allylic oxidation sites excluding steroid dienone is 18. The van der Waals surface area contributed by atoms with Crippen molar-refractivity contribution in [1.29, 1.82) is 0 Å². The average molecular weight is 1130 g/mol. The number of carbonyl (C=O) groups is 3. The Labute approximate surface area is 501 Å². The van der Waals surface area contributed by atoms with Crippen LogP contribution in [-0.4, -0.2) is 37.2 Å². The molecule has 0 rings (SSSR count). The van der Waals surface area contributed by atoms with Crippen LogP contribution in [0.4, 0.5) is 0 Å². The van der Waals surface area contributed by atoms with E-state index in [-0.39, 0.29) is 31.1 Å². The summed E-state index contributed by atoms with van der Waals surface area (Å²) in [7, 11) is 0. The van der Waals surface area contributed by atoms with Crippen LogP contribution in [0, 0.1) is 0 Å². The molecule has 0 heterocycles. The molecule has 1 atom stereocenters. The van der Waals surface area contributed by atoms with Crippen LogP contribution >= 0.6 is 0 Å². The van der Waals surface area contributed by atoms with Crippen molar-refractivity contribution in [1.82, 2.24) is 0 Å². The summed E-state index contributed by atoms with van der Waals surface area (Å²) < 4.78 is 17.0. The van der Waals surface area contributed by atoms with Crippen LogP contribution in [0.25, 0.3) is 0 Å². The fraction of sp³-hybridized carbons (Fsp3) is 0.720. The summed E-state index contributed by atoms with van der Waals surface area (Å²) in [5.74, 6) is -0.894. The van der Waals surface area contributed by atoms with Gasteiger partial charge < -0.3 is 14.2 Å². The van der Waals surface area contributed by atoms with Crippen LogP contribution in [0.5, 0.6) is 0 Å². The monoisotopic (exact) mass is 1120 g/mol. The minimum atomic E-state index is -0.792. The van der Waals surface area contributed by atoms with Crippen molar-refractivity contribution >= 4 is 17.9 Å².